The molecule has 0 fully saturated rings. The van der Waals surface area contributed by atoms with E-state index >= 15 is 0 Å². The summed E-state index contributed by atoms with van der Waals surface area (Å²) in [4.78, 5) is 4.13. The molecule has 0 aliphatic carbocycles. The second-order valence-corrected chi connectivity index (χ2v) is 3.78. The van der Waals surface area contributed by atoms with E-state index in [1.54, 1.807) is 6.07 Å². The monoisotopic (exact) mass is 247 g/mol. The molecule has 0 unspecified atom stereocenters. The molecule has 1 aromatic heterocycles. The van der Waals surface area contributed by atoms with Crippen LogP contribution >= 0.6 is 15.9 Å². The fraction of sp³-hybridized carbons (Fsp3) is 0. The predicted octanol–water partition coefficient (Wildman–Crippen LogP) is 2.45. The quantitative estimate of drug-likeness (QED) is 0.778. The minimum absolute atomic E-state index is 0.372. The summed E-state index contributed by atoms with van der Waals surface area (Å²) in [5, 5.41) is 9.72. The van der Waals surface area contributed by atoms with Crippen molar-refractivity contribution >= 4 is 32.7 Å². The third-order valence-corrected chi connectivity index (χ3v) is 2.40. The first-order valence-electron chi connectivity index (χ1n) is 3.96. The molecular weight excluding hydrogens is 242 g/mol. The van der Waals surface area contributed by atoms with Gasteiger partial charge in [0.25, 0.3) is 0 Å². The first kappa shape index (κ1) is 8.97. The third kappa shape index (κ3) is 1.42. The minimum atomic E-state index is 0.372. The molecule has 3 nitrogen and oxygen atoms in total. The number of rotatable bonds is 0. The maximum Gasteiger partial charge on any atom is 0.125 e. The number of nitrogen functional groups attached to an aromatic ring is 1. The highest BCUT2D eigenvalue weighted by molar-refractivity contribution is 9.10. The Morgan fingerprint density at radius 1 is 1.36 bits per heavy atom. The van der Waals surface area contributed by atoms with Gasteiger partial charge in [0.1, 0.15) is 5.82 Å². The van der Waals surface area contributed by atoms with Gasteiger partial charge in [-0.15, -0.1) is 0 Å². The molecule has 68 valence electrons. The summed E-state index contributed by atoms with van der Waals surface area (Å²) in [6.45, 7) is 0. The van der Waals surface area contributed by atoms with E-state index < -0.39 is 0 Å². The molecule has 0 aliphatic heterocycles. The van der Waals surface area contributed by atoms with Gasteiger partial charge < -0.3 is 5.73 Å². The lowest BCUT2D eigenvalue weighted by molar-refractivity contribution is 1.39. The van der Waals surface area contributed by atoms with Gasteiger partial charge in [0.05, 0.1) is 17.1 Å². The van der Waals surface area contributed by atoms with Gasteiger partial charge in [0.15, 0.2) is 0 Å². The number of benzene rings is 1. The molecule has 1 aromatic carbocycles. The number of pyridine rings is 1. The summed E-state index contributed by atoms with van der Waals surface area (Å²) in [6.07, 6.45) is 0. The van der Waals surface area contributed by atoms with Crippen LogP contribution in [-0.4, -0.2) is 4.98 Å². The Balaban J connectivity index is 2.90. The van der Waals surface area contributed by atoms with Crippen molar-refractivity contribution in [1.82, 2.24) is 4.98 Å². The van der Waals surface area contributed by atoms with Crippen molar-refractivity contribution in [1.29, 1.82) is 5.26 Å². The molecule has 2 rings (SSSR count). The van der Waals surface area contributed by atoms with Crippen LogP contribution in [-0.2, 0) is 0 Å². The van der Waals surface area contributed by atoms with E-state index in [2.05, 4.69) is 27.0 Å². The van der Waals surface area contributed by atoms with Crippen LogP contribution in [0.4, 0.5) is 5.82 Å². The average molecular weight is 248 g/mol. The molecule has 0 atom stereocenters. The molecule has 2 N–H and O–H groups in total. The Bertz CT molecular complexity index is 543. The number of halogens is 1. The highest BCUT2D eigenvalue weighted by Gasteiger charge is 2.03. The Kier molecular flexibility index (Phi) is 2.10. The van der Waals surface area contributed by atoms with Crippen LogP contribution in [0.1, 0.15) is 5.56 Å². The van der Waals surface area contributed by atoms with Crippen molar-refractivity contribution in [3.63, 3.8) is 0 Å². The van der Waals surface area contributed by atoms with Crippen LogP contribution in [0.5, 0.6) is 0 Å². The van der Waals surface area contributed by atoms with Crippen LogP contribution in [0.2, 0.25) is 0 Å². The second kappa shape index (κ2) is 3.28. The minimum Gasteiger partial charge on any atom is -0.384 e. The molecule has 1 heterocycles. The summed E-state index contributed by atoms with van der Waals surface area (Å²) >= 11 is 3.35. The highest BCUT2D eigenvalue weighted by atomic mass is 79.9. The molecule has 0 bridgehead atoms. The van der Waals surface area contributed by atoms with Gasteiger partial charge in [-0.25, -0.2) is 4.98 Å². The molecule has 0 saturated heterocycles. The predicted molar refractivity (Wildman–Crippen MR) is 58.6 cm³/mol. The maximum atomic E-state index is 8.90. The van der Waals surface area contributed by atoms with E-state index in [9.17, 15) is 0 Å². The number of nitrogens with zero attached hydrogens (tertiary/aromatic N) is 2. The summed E-state index contributed by atoms with van der Waals surface area (Å²) < 4.78 is 0.924. The largest absolute Gasteiger partial charge is 0.384 e. The van der Waals surface area contributed by atoms with Gasteiger partial charge >= 0.3 is 0 Å². The third-order valence-electron chi connectivity index (χ3n) is 1.91. The Labute approximate surface area is 89.3 Å². The summed E-state index contributed by atoms with van der Waals surface area (Å²) in [5.41, 5.74) is 6.85. The van der Waals surface area contributed by atoms with E-state index in [-0.39, 0.29) is 0 Å². The summed E-state index contributed by atoms with van der Waals surface area (Å²) in [6, 6.07) is 9.24. The van der Waals surface area contributed by atoms with Crippen LogP contribution < -0.4 is 5.73 Å². The smallest absolute Gasteiger partial charge is 0.125 e. The fourth-order valence-corrected chi connectivity index (χ4v) is 1.67. The first-order valence-corrected chi connectivity index (χ1v) is 4.76. The SMILES string of the molecule is N#Cc1cc(N)nc2ccc(Br)cc12. The average Bonchev–Trinajstić information content (AvgIpc) is 2.17. The second-order valence-electron chi connectivity index (χ2n) is 2.87. The molecule has 4 heteroatoms. The normalized spacial score (nSPS) is 10.0. The van der Waals surface area contributed by atoms with Gasteiger partial charge in [-0.2, -0.15) is 5.26 Å². The van der Waals surface area contributed by atoms with Crippen molar-refractivity contribution in [2.45, 2.75) is 0 Å². The van der Waals surface area contributed by atoms with Gasteiger partial charge in [0, 0.05) is 9.86 Å². The number of anilines is 1. The van der Waals surface area contributed by atoms with Crippen LogP contribution in [0.15, 0.2) is 28.7 Å². The molecule has 0 radical (unpaired) electrons. The van der Waals surface area contributed by atoms with Crippen molar-refractivity contribution in [2.24, 2.45) is 0 Å². The number of hydrogen-bond donors (Lipinski definition) is 1. The van der Waals surface area contributed by atoms with Crippen molar-refractivity contribution in [2.75, 3.05) is 5.73 Å². The topological polar surface area (TPSA) is 62.7 Å². The van der Waals surface area contributed by atoms with Gasteiger partial charge in [0.2, 0.25) is 0 Å². The Morgan fingerprint density at radius 3 is 2.86 bits per heavy atom. The molecule has 0 saturated carbocycles. The van der Waals surface area contributed by atoms with Crippen LogP contribution in [0.3, 0.4) is 0 Å². The maximum absolute atomic E-state index is 8.90. The van der Waals surface area contributed by atoms with Crippen molar-refractivity contribution < 1.29 is 0 Å². The van der Waals surface area contributed by atoms with E-state index in [4.69, 9.17) is 11.0 Å². The number of fused-ring (bicyclic) bond motifs is 1. The lowest BCUT2D eigenvalue weighted by atomic mass is 10.1. The Morgan fingerprint density at radius 2 is 2.14 bits per heavy atom. The zero-order chi connectivity index (χ0) is 10.1. The van der Waals surface area contributed by atoms with Crippen molar-refractivity contribution in [3.8, 4) is 6.07 Å². The van der Waals surface area contributed by atoms with Crippen LogP contribution in [0, 0.1) is 11.3 Å². The van der Waals surface area contributed by atoms with Gasteiger partial charge in [-0.3, -0.25) is 0 Å². The Hall–Kier alpha value is -1.60. The van der Waals surface area contributed by atoms with E-state index in [1.165, 1.54) is 0 Å². The van der Waals surface area contributed by atoms with Gasteiger partial charge in [-0.05, 0) is 24.3 Å². The van der Waals surface area contributed by atoms with E-state index in [0.717, 1.165) is 15.4 Å². The zero-order valence-electron chi connectivity index (χ0n) is 7.16. The zero-order valence-corrected chi connectivity index (χ0v) is 8.75. The lowest BCUT2D eigenvalue weighted by Gasteiger charge is -2.01. The molecule has 0 amide bonds. The number of nitrogens with two attached hydrogens (primary N) is 1. The number of hydrogen-bond acceptors (Lipinski definition) is 3. The standard InChI is InChI=1S/C10H6BrN3/c11-7-1-2-9-8(4-7)6(5-12)3-10(13)14-9/h1-4H,(H2,13,14). The molecule has 2 aromatic rings. The fourth-order valence-electron chi connectivity index (χ4n) is 1.31. The highest BCUT2D eigenvalue weighted by Crippen LogP contribution is 2.22. The van der Waals surface area contributed by atoms with E-state index in [1.807, 2.05) is 18.2 Å². The number of aromatic nitrogens is 1. The van der Waals surface area contributed by atoms with Gasteiger partial charge in [-0.1, -0.05) is 15.9 Å². The summed E-state index contributed by atoms with van der Waals surface area (Å²) in [5.74, 6) is 0.372. The molecular formula is C10H6BrN3. The van der Waals surface area contributed by atoms with E-state index in [0.29, 0.717) is 11.4 Å². The number of nitriles is 1. The molecule has 14 heavy (non-hydrogen) atoms. The molecule has 0 spiro atoms. The first-order chi connectivity index (χ1) is 6.70. The lowest BCUT2D eigenvalue weighted by Crippen LogP contribution is -1.92. The summed E-state index contributed by atoms with van der Waals surface area (Å²) in [7, 11) is 0. The van der Waals surface area contributed by atoms with Crippen LogP contribution in [0.25, 0.3) is 10.9 Å². The van der Waals surface area contributed by atoms with Crippen molar-refractivity contribution in [3.05, 3.63) is 34.3 Å². The molecule has 0 aliphatic rings.